The van der Waals surface area contributed by atoms with Gasteiger partial charge in [0.05, 0.1) is 11.9 Å². The van der Waals surface area contributed by atoms with Crippen LogP contribution >= 0.6 is 0 Å². The van der Waals surface area contributed by atoms with Gasteiger partial charge in [0.2, 0.25) is 5.91 Å². The molecule has 0 bridgehead atoms. The minimum atomic E-state index is -0.335. The predicted octanol–water partition coefficient (Wildman–Crippen LogP) is 2.85. The first kappa shape index (κ1) is 14.1. The highest BCUT2D eigenvalue weighted by molar-refractivity contribution is 6.00. The van der Waals surface area contributed by atoms with Gasteiger partial charge in [-0.3, -0.25) is 9.78 Å². The lowest BCUT2D eigenvalue weighted by Crippen LogP contribution is -2.23. The molecule has 6 heteroatoms. The third kappa shape index (κ3) is 3.22. The Balaban J connectivity index is 1.61. The van der Waals surface area contributed by atoms with Gasteiger partial charge in [0.15, 0.2) is 0 Å². The van der Waals surface area contributed by atoms with E-state index in [-0.39, 0.29) is 11.9 Å². The molecule has 3 rings (SSSR count). The fourth-order valence-electron chi connectivity index (χ4n) is 2.38. The molecule has 1 fully saturated rings. The molecule has 112 valence electrons. The van der Waals surface area contributed by atoms with Crippen LogP contribution in [0.4, 0.5) is 21.9 Å². The van der Waals surface area contributed by atoms with Gasteiger partial charge in [-0.15, -0.1) is 0 Å². The number of aromatic nitrogens is 1. The summed E-state index contributed by atoms with van der Waals surface area (Å²) in [5, 5.41) is 5.43. The summed E-state index contributed by atoms with van der Waals surface area (Å²) in [5.41, 5.74) is 2.15. The van der Waals surface area contributed by atoms with E-state index in [1.54, 1.807) is 41.6 Å². The lowest BCUT2D eigenvalue weighted by molar-refractivity contribution is -0.117. The van der Waals surface area contributed by atoms with Gasteiger partial charge in [-0.25, -0.2) is 4.79 Å². The summed E-state index contributed by atoms with van der Waals surface area (Å²) < 4.78 is 0. The van der Waals surface area contributed by atoms with Crippen molar-refractivity contribution in [3.8, 4) is 0 Å². The zero-order valence-electron chi connectivity index (χ0n) is 12.0. The number of benzene rings is 1. The number of carbonyl (C=O) groups is 2. The molecule has 0 spiro atoms. The van der Waals surface area contributed by atoms with Crippen LogP contribution in [-0.2, 0) is 4.79 Å². The molecule has 0 atom stereocenters. The molecule has 1 aromatic heterocycles. The van der Waals surface area contributed by atoms with Crippen molar-refractivity contribution in [2.24, 2.45) is 0 Å². The molecule has 0 unspecified atom stereocenters. The number of amides is 3. The van der Waals surface area contributed by atoms with Gasteiger partial charge in [0.25, 0.3) is 0 Å². The van der Waals surface area contributed by atoms with Gasteiger partial charge in [-0.1, -0.05) is 0 Å². The predicted molar refractivity (Wildman–Crippen MR) is 84.9 cm³/mol. The first-order chi connectivity index (χ1) is 10.7. The standard InChI is InChI=1S/C16H16N4O2/c21-15-4-2-10-20(15)14-7-5-12(6-8-14)18-16(22)19-13-3-1-9-17-11-13/h1,3,5-9,11H,2,4,10H2,(H2,18,19,22). The number of nitrogens with one attached hydrogen (secondary N) is 2. The maximum atomic E-state index is 11.9. The summed E-state index contributed by atoms with van der Waals surface area (Å²) in [6, 6.07) is 10.4. The van der Waals surface area contributed by atoms with Crippen LogP contribution in [-0.4, -0.2) is 23.5 Å². The average Bonchev–Trinajstić information content (AvgIpc) is 2.95. The van der Waals surface area contributed by atoms with Crippen LogP contribution < -0.4 is 15.5 Å². The van der Waals surface area contributed by atoms with E-state index in [4.69, 9.17) is 0 Å². The summed E-state index contributed by atoms with van der Waals surface area (Å²) in [6.07, 6.45) is 4.71. The summed E-state index contributed by atoms with van der Waals surface area (Å²) >= 11 is 0. The highest BCUT2D eigenvalue weighted by Crippen LogP contribution is 2.23. The average molecular weight is 296 g/mol. The number of hydrogen-bond donors (Lipinski definition) is 2. The fourth-order valence-corrected chi connectivity index (χ4v) is 2.38. The molecule has 2 heterocycles. The molecular formula is C16H16N4O2. The first-order valence-corrected chi connectivity index (χ1v) is 7.11. The van der Waals surface area contributed by atoms with Crippen molar-refractivity contribution >= 4 is 29.0 Å². The molecule has 0 saturated carbocycles. The topological polar surface area (TPSA) is 74.3 Å². The molecule has 3 amide bonds. The Morgan fingerprint density at radius 3 is 2.50 bits per heavy atom. The van der Waals surface area contributed by atoms with Crippen LogP contribution in [0.25, 0.3) is 0 Å². The normalized spacial score (nSPS) is 14.0. The van der Waals surface area contributed by atoms with Crippen LogP contribution in [0.3, 0.4) is 0 Å². The lowest BCUT2D eigenvalue weighted by atomic mass is 10.2. The van der Waals surface area contributed by atoms with Gasteiger partial charge >= 0.3 is 6.03 Å². The number of hydrogen-bond acceptors (Lipinski definition) is 3. The SMILES string of the molecule is O=C(Nc1ccc(N2CCCC2=O)cc1)Nc1cccnc1. The lowest BCUT2D eigenvalue weighted by Gasteiger charge is -2.16. The van der Waals surface area contributed by atoms with E-state index in [1.165, 1.54) is 0 Å². The number of urea groups is 1. The fraction of sp³-hybridized carbons (Fsp3) is 0.188. The molecular weight excluding hydrogens is 280 g/mol. The minimum absolute atomic E-state index is 0.148. The third-order valence-corrected chi connectivity index (χ3v) is 3.43. The highest BCUT2D eigenvalue weighted by Gasteiger charge is 2.21. The molecule has 2 aromatic rings. The zero-order valence-corrected chi connectivity index (χ0v) is 12.0. The van der Waals surface area contributed by atoms with E-state index in [1.807, 2.05) is 12.1 Å². The van der Waals surface area contributed by atoms with E-state index in [0.29, 0.717) is 17.8 Å². The Bertz CT molecular complexity index is 670. The molecule has 22 heavy (non-hydrogen) atoms. The second kappa shape index (κ2) is 6.26. The molecule has 6 nitrogen and oxygen atoms in total. The summed E-state index contributed by atoms with van der Waals surface area (Å²) in [7, 11) is 0. The van der Waals surface area contributed by atoms with Crippen molar-refractivity contribution in [1.82, 2.24) is 4.98 Å². The Hall–Kier alpha value is -2.89. The molecule has 1 aliphatic rings. The van der Waals surface area contributed by atoms with Gasteiger partial charge < -0.3 is 15.5 Å². The first-order valence-electron chi connectivity index (χ1n) is 7.11. The van der Waals surface area contributed by atoms with E-state index in [0.717, 1.165) is 18.7 Å². The largest absolute Gasteiger partial charge is 0.323 e. The van der Waals surface area contributed by atoms with Crippen molar-refractivity contribution < 1.29 is 9.59 Å². The second-order valence-corrected chi connectivity index (χ2v) is 5.02. The van der Waals surface area contributed by atoms with Gasteiger partial charge in [0.1, 0.15) is 0 Å². The number of anilines is 3. The van der Waals surface area contributed by atoms with Crippen molar-refractivity contribution in [2.75, 3.05) is 22.1 Å². The van der Waals surface area contributed by atoms with Crippen LogP contribution in [0.5, 0.6) is 0 Å². The number of nitrogens with zero attached hydrogens (tertiary/aromatic N) is 2. The van der Waals surface area contributed by atoms with Crippen LogP contribution in [0.2, 0.25) is 0 Å². The van der Waals surface area contributed by atoms with Gasteiger partial charge in [0, 0.05) is 30.5 Å². The maximum Gasteiger partial charge on any atom is 0.323 e. The smallest absolute Gasteiger partial charge is 0.312 e. The monoisotopic (exact) mass is 296 g/mol. The molecule has 0 aliphatic carbocycles. The molecule has 1 aliphatic heterocycles. The maximum absolute atomic E-state index is 11.9. The van der Waals surface area contributed by atoms with Crippen molar-refractivity contribution in [3.05, 3.63) is 48.8 Å². The Morgan fingerprint density at radius 1 is 1.09 bits per heavy atom. The summed E-state index contributed by atoms with van der Waals surface area (Å²) in [5.74, 6) is 0.148. The van der Waals surface area contributed by atoms with Gasteiger partial charge in [-0.05, 0) is 42.8 Å². The minimum Gasteiger partial charge on any atom is -0.312 e. The Labute approximate surface area is 128 Å². The number of pyridine rings is 1. The summed E-state index contributed by atoms with van der Waals surface area (Å²) in [4.78, 5) is 29.2. The Kier molecular flexibility index (Phi) is 4.00. The van der Waals surface area contributed by atoms with Crippen LogP contribution in [0, 0.1) is 0 Å². The third-order valence-electron chi connectivity index (χ3n) is 3.43. The van der Waals surface area contributed by atoms with E-state index in [9.17, 15) is 9.59 Å². The zero-order chi connectivity index (χ0) is 15.4. The quantitative estimate of drug-likeness (QED) is 0.914. The van der Waals surface area contributed by atoms with Crippen molar-refractivity contribution in [2.45, 2.75) is 12.8 Å². The van der Waals surface area contributed by atoms with Gasteiger partial charge in [-0.2, -0.15) is 0 Å². The summed E-state index contributed by atoms with van der Waals surface area (Å²) in [6.45, 7) is 0.757. The van der Waals surface area contributed by atoms with Crippen molar-refractivity contribution in [1.29, 1.82) is 0 Å². The molecule has 0 radical (unpaired) electrons. The second-order valence-electron chi connectivity index (χ2n) is 5.02. The molecule has 1 saturated heterocycles. The Morgan fingerprint density at radius 2 is 1.86 bits per heavy atom. The molecule has 1 aromatic carbocycles. The van der Waals surface area contributed by atoms with E-state index < -0.39 is 0 Å². The van der Waals surface area contributed by atoms with Crippen LogP contribution in [0.15, 0.2) is 48.8 Å². The molecule has 2 N–H and O–H groups in total. The van der Waals surface area contributed by atoms with Crippen molar-refractivity contribution in [3.63, 3.8) is 0 Å². The highest BCUT2D eigenvalue weighted by atomic mass is 16.2. The number of rotatable bonds is 3. The van der Waals surface area contributed by atoms with E-state index in [2.05, 4.69) is 15.6 Å². The van der Waals surface area contributed by atoms with E-state index >= 15 is 0 Å². The number of carbonyl (C=O) groups excluding carboxylic acids is 2. The van der Waals surface area contributed by atoms with Crippen LogP contribution in [0.1, 0.15) is 12.8 Å².